The second kappa shape index (κ2) is 10.9. The predicted molar refractivity (Wildman–Crippen MR) is 126 cm³/mol. The van der Waals surface area contributed by atoms with Gasteiger partial charge in [-0.05, 0) is 29.2 Å². The Morgan fingerprint density at radius 2 is 1.79 bits per heavy atom. The fourth-order valence-corrected chi connectivity index (χ4v) is 3.84. The number of hydrazone groups is 1. The fourth-order valence-electron chi connectivity index (χ4n) is 3.84. The SMILES string of the molecule is COCCN(CC(=O)N1N=C(c2ccccc2F)C[C@H]1c1ccc(F)cc1)C(=O)CC(C)(C)C. The van der Waals surface area contributed by atoms with Crippen molar-refractivity contribution in [3.05, 3.63) is 71.3 Å². The molecule has 1 heterocycles. The van der Waals surface area contributed by atoms with Crippen molar-refractivity contribution in [3.63, 3.8) is 0 Å². The van der Waals surface area contributed by atoms with Gasteiger partial charge in [0.05, 0.1) is 18.4 Å². The summed E-state index contributed by atoms with van der Waals surface area (Å²) in [4.78, 5) is 27.8. The number of amides is 2. The minimum Gasteiger partial charge on any atom is -0.383 e. The molecule has 0 bridgehead atoms. The summed E-state index contributed by atoms with van der Waals surface area (Å²) in [6.45, 7) is 6.22. The molecule has 0 saturated heterocycles. The predicted octanol–water partition coefficient (Wildman–Crippen LogP) is 4.55. The van der Waals surface area contributed by atoms with Gasteiger partial charge in [0.1, 0.15) is 18.2 Å². The van der Waals surface area contributed by atoms with Gasteiger partial charge < -0.3 is 9.64 Å². The van der Waals surface area contributed by atoms with Gasteiger partial charge >= 0.3 is 0 Å². The molecule has 34 heavy (non-hydrogen) atoms. The topological polar surface area (TPSA) is 62.2 Å². The molecule has 0 fully saturated rings. The Morgan fingerprint density at radius 3 is 2.41 bits per heavy atom. The number of ether oxygens (including phenoxy) is 1. The third-order valence-electron chi connectivity index (χ3n) is 5.53. The highest BCUT2D eigenvalue weighted by molar-refractivity contribution is 6.03. The van der Waals surface area contributed by atoms with E-state index >= 15 is 0 Å². The maximum Gasteiger partial charge on any atom is 0.262 e. The van der Waals surface area contributed by atoms with E-state index in [4.69, 9.17) is 4.74 Å². The molecule has 1 atom stereocenters. The summed E-state index contributed by atoms with van der Waals surface area (Å²) in [6.07, 6.45) is 0.543. The number of methoxy groups -OCH3 is 1. The van der Waals surface area contributed by atoms with Gasteiger partial charge in [-0.2, -0.15) is 5.10 Å². The molecule has 0 aliphatic carbocycles. The first-order chi connectivity index (χ1) is 16.1. The van der Waals surface area contributed by atoms with Crippen LogP contribution >= 0.6 is 0 Å². The Labute approximate surface area is 199 Å². The van der Waals surface area contributed by atoms with Gasteiger partial charge in [-0.25, -0.2) is 13.8 Å². The quantitative estimate of drug-likeness (QED) is 0.567. The lowest BCUT2D eigenvalue weighted by Crippen LogP contribution is -2.43. The van der Waals surface area contributed by atoms with E-state index in [2.05, 4.69) is 5.10 Å². The molecule has 2 aromatic rings. The van der Waals surface area contributed by atoms with E-state index in [0.29, 0.717) is 16.8 Å². The number of hydrogen-bond acceptors (Lipinski definition) is 4. The summed E-state index contributed by atoms with van der Waals surface area (Å²) in [5.41, 5.74) is 1.16. The molecular weight excluding hydrogens is 440 g/mol. The summed E-state index contributed by atoms with van der Waals surface area (Å²) >= 11 is 0. The zero-order valence-electron chi connectivity index (χ0n) is 20.1. The molecule has 0 aromatic heterocycles. The number of nitrogens with zero attached hydrogens (tertiary/aromatic N) is 3. The van der Waals surface area contributed by atoms with E-state index in [-0.39, 0.29) is 43.9 Å². The molecule has 1 aliphatic heterocycles. The van der Waals surface area contributed by atoms with E-state index in [0.717, 1.165) is 0 Å². The Bertz CT molecular complexity index is 1050. The Kier molecular flexibility index (Phi) is 8.15. The van der Waals surface area contributed by atoms with Crippen LogP contribution in [0.4, 0.5) is 8.78 Å². The Balaban J connectivity index is 1.90. The zero-order valence-corrected chi connectivity index (χ0v) is 20.1. The molecular formula is C26H31F2N3O3. The molecule has 182 valence electrons. The highest BCUT2D eigenvalue weighted by Gasteiger charge is 2.35. The van der Waals surface area contributed by atoms with Gasteiger partial charge in [-0.3, -0.25) is 9.59 Å². The maximum atomic E-state index is 14.5. The first kappa shape index (κ1) is 25.5. The summed E-state index contributed by atoms with van der Waals surface area (Å²) < 4.78 is 33.1. The first-order valence-corrected chi connectivity index (χ1v) is 11.3. The maximum absolute atomic E-state index is 14.5. The monoisotopic (exact) mass is 471 g/mol. The molecule has 0 saturated carbocycles. The normalized spacial score (nSPS) is 15.9. The molecule has 2 aromatic carbocycles. The number of carbonyl (C=O) groups excluding carboxylic acids is 2. The summed E-state index contributed by atoms with van der Waals surface area (Å²) in [5.74, 6) is -1.39. The van der Waals surface area contributed by atoms with E-state index in [1.54, 1.807) is 30.3 Å². The summed E-state index contributed by atoms with van der Waals surface area (Å²) in [5, 5.41) is 5.75. The fraction of sp³-hybridized carbons (Fsp3) is 0.423. The van der Waals surface area contributed by atoms with Crippen LogP contribution in [0.3, 0.4) is 0 Å². The third kappa shape index (κ3) is 6.47. The van der Waals surface area contributed by atoms with Crippen molar-refractivity contribution in [1.29, 1.82) is 0 Å². The van der Waals surface area contributed by atoms with Gasteiger partial charge in [0.25, 0.3) is 5.91 Å². The number of carbonyl (C=O) groups is 2. The minimum atomic E-state index is -0.537. The minimum absolute atomic E-state index is 0.159. The second-order valence-electron chi connectivity index (χ2n) is 9.58. The van der Waals surface area contributed by atoms with Crippen LogP contribution in [-0.2, 0) is 14.3 Å². The number of halogens is 2. The van der Waals surface area contributed by atoms with Crippen molar-refractivity contribution in [2.24, 2.45) is 10.5 Å². The van der Waals surface area contributed by atoms with E-state index < -0.39 is 23.6 Å². The number of hydrogen-bond donors (Lipinski definition) is 0. The second-order valence-corrected chi connectivity index (χ2v) is 9.58. The lowest BCUT2D eigenvalue weighted by atomic mass is 9.91. The van der Waals surface area contributed by atoms with Crippen LogP contribution in [0.15, 0.2) is 53.6 Å². The third-order valence-corrected chi connectivity index (χ3v) is 5.53. The van der Waals surface area contributed by atoms with Gasteiger partial charge in [-0.15, -0.1) is 0 Å². The summed E-state index contributed by atoms with van der Waals surface area (Å²) in [7, 11) is 1.53. The molecule has 0 N–H and O–H groups in total. The lowest BCUT2D eigenvalue weighted by Gasteiger charge is -2.29. The van der Waals surface area contributed by atoms with Gasteiger partial charge in [0.15, 0.2) is 0 Å². The molecule has 0 radical (unpaired) electrons. The zero-order chi connectivity index (χ0) is 24.9. The van der Waals surface area contributed by atoms with E-state index in [1.807, 2.05) is 20.8 Å². The standard InChI is InChI=1S/C26H31F2N3O3/c1-26(2,3)16-24(32)30(13-14-34-4)17-25(33)31-23(18-9-11-19(27)12-10-18)15-22(29-31)20-7-5-6-8-21(20)28/h5-12,23H,13-17H2,1-4H3/t23-/m0/s1. The van der Waals surface area contributed by atoms with E-state index in [9.17, 15) is 18.4 Å². The van der Waals surface area contributed by atoms with E-state index in [1.165, 1.54) is 35.2 Å². The summed E-state index contributed by atoms with van der Waals surface area (Å²) in [6, 6.07) is 11.5. The highest BCUT2D eigenvalue weighted by Crippen LogP contribution is 2.33. The Hall–Kier alpha value is -3.13. The average Bonchev–Trinajstić information content (AvgIpc) is 3.21. The van der Waals surface area contributed by atoms with Crippen LogP contribution in [0.2, 0.25) is 0 Å². The largest absolute Gasteiger partial charge is 0.383 e. The van der Waals surface area contributed by atoms with Crippen molar-refractivity contribution in [1.82, 2.24) is 9.91 Å². The molecule has 2 amide bonds. The molecule has 6 nitrogen and oxygen atoms in total. The average molecular weight is 472 g/mol. The smallest absolute Gasteiger partial charge is 0.262 e. The van der Waals surface area contributed by atoms with Crippen molar-refractivity contribution < 1.29 is 23.1 Å². The van der Waals surface area contributed by atoms with Crippen molar-refractivity contribution in [2.45, 2.75) is 39.7 Å². The van der Waals surface area contributed by atoms with Crippen molar-refractivity contribution in [3.8, 4) is 0 Å². The Morgan fingerprint density at radius 1 is 1.12 bits per heavy atom. The van der Waals surface area contributed by atoms with Crippen molar-refractivity contribution in [2.75, 3.05) is 26.8 Å². The van der Waals surface area contributed by atoms with Crippen LogP contribution in [0.25, 0.3) is 0 Å². The number of benzene rings is 2. The van der Waals surface area contributed by atoms with Crippen LogP contribution in [0, 0.1) is 17.0 Å². The molecule has 8 heteroatoms. The molecule has 3 rings (SSSR count). The van der Waals surface area contributed by atoms with Gasteiger partial charge in [0.2, 0.25) is 5.91 Å². The van der Waals surface area contributed by atoms with Crippen LogP contribution in [-0.4, -0.2) is 54.2 Å². The van der Waals surface area contributed by atoms with Gasteiger partial charge in [-0.1, -0.05) is 51.1 Å². The first-order valence-electron chi connectivity index (χ1n) is 11.3. The van der Waals surface area contributed by atoms with Crippen LogP contribution in [0.1, 0.15) is 50.8 Å². The lowest BCUT2D eigenvalue weighted by molar-refractivity contribution is -0.143. The van der Waals surface area contributed by atoms with Crippen molar-refractivity contribution >= 4 is 17.5 Å². The number of rotatable bonds is 8. The molecule has 0 unspecified atom stereocenters. The molecule has 0 spiro atoms. The van der Waals surface area contributed by atoms with Crippen LogP contribution in [0.5, 0.6) is 0 Å². The highest BCUT2D eigenvalue weighted by atomic mass is 19.1. The van der Waals surface area contributed by atoms with Gasteiger partial charge in [0, 0.05) is 32.1 Å². The molecule has 1 aliphatic rings. The van der Waals surface area contributed by atoms with Crippen LogP contribution < -0.4 is 0 Å².